The van der Waals surface area contributed by atoms with Crippen LogP contribution < -0.4 is 0 Å². The van der Waals surface area contributed by atoms with E-state index in [1.54, 1.807) is 13.8 Å². The summed E-state index contributed by atoms with van der Waals surface area (Å²) in [6, 6.07) is 0. The van der Waals surface area contributed by atoms with Crippen LogP contribution in [0.3, 0.4) is 0 Å². The molecule has 0 heterocycles. The molecule has 0 unspecified atom stereocenters. The summed E-state index contributed by atoms with van der Waals surface area (Å²) >= 11 is 1.78. The van der Waals surface area contributed by atoms with E-state index in [1.165, 1.54) is 0 Å². The monoisotopic (exact) mass is 1810 g/mol. The van der Waals surface area contributed by atoms with Crippen molar-refractivity contribution in [2.45, 2.75) is 13.8 Å². The Hall–Kier alpha value is 4.74. The second kappa shape index (κ2) is 31.5. The molecule has 0 aromatic heterocycles. The Kier molecular flexibility index (Phi) is 78.4. The van der Waals surface area contributed by atoms with Crippen molar-refractivity contribution in [2.24, 2.45) is 6.99 Å². The summed E-state index contributed by atoms with van der Waals surface area (Å²) in [5, 5.41) is 9.51. The molecule has 20 heavy (non-hydrogen) atoms. The number of amides is 1. The molecule has 0 bridgehead atoms. The Morgan fingerprint density at radius 2 is 1.30 bits per heavy atom. The van der Waals surface area contributed by atoms with Crippen LogP contribution in [0.15, 0.2) is 24.0 Å². The van der Waals surface area contributed by atoms with E-state index in [-0.39, 0.29) is 159 Å². The van der Waals surface area contributed by atoms with E-state index in [1.807, 2.05) is 0 Å². The number of hydrogen-bond acceptors (Lipinski definition) is 3. The molecule has 1 amide bonds. The average molecular weight is 1810 g/mol. The molecule has 112 valence electrons. The van der Waals surface area contributed by atoms with Gasteiger partial charge in [-0.05, 0) is 0 Å². The van der Waals surface area contributed by atoms with Gasteiger partial charge in [-0.3, -0.25) is 0 Å². The van der Waals surface area contributed by atoms with Crippen LogP contribution in [-0.2, 0) is 192 Å². The molecule has 0 rings (SSSR count). The number of rotatable bonds is 3. The molecule has 13 heteroatoms. The van der Waals surface area contributed by atoms with Gasteiger partial charge in [0.2, 0.25) is 0 Å². The van der Waals surface area contributed by atoms with Gasteiger partial charge in [0.05, 0.1) is 0 Å². The molecule has 0 saturated carbocycles. The fraction of sp³-hybridized carbons (Fsp3) is 0.286. The average Bonchev–Trinajstić information content (AvgIpc) is 2.17. The predicted molar refractivity (Wildman–Crippen MR) is 37.6 cm³/mol. The van der Waals surface area contributed by atoms with Crippen LogP contribution in [0.5, 0.6) is 0 Å². The van der Waals surface area contributed by atoms with Crippen molar-refractivity contribution in [1.29, 1.82) is 0 Å². The van der Waals surface area contributed by atoms with Gasteiger partial charge in [0, 0.05) is 147 Å². The van der Waals surface area contributed by atoms with E-state index in [0.29, 0.717) is 5.70 Å². The molecule has 0 saturated heterocycles. The molecule has 0 radical (unpaired) electrons. The number of carbonyl (C=O) groups is 1. The first-order chi connectivity index (χ1) is 6.08. The van der Waals surface area contributed by atoms with Crippen LogP contribution in [-0.4, -0.2) is 11.0 Å². The molecule has 0 aliphatic rings. The van der Waals surface area contributed by atoms with E-state index in [4.69, 9.17) is 0 Å². The first-order valence-corrected chi connectivity index (χ1v) is 5.86. The van der Waals surface area contributed by atoms with Crippen molar-refractivity contribution >= 4 is 5.91 Å². The molecule has 0 aromatic carbocycles. The van der Waals surface area contributed by atoms with Crippen LogP contribution in [0.1, 0.15) is 13.8 Å². The Bertz CT molecular complexity index is 319. The Balaban J connectivity index is -0.0000000343. The van der Waals surface area contributed by atoms with Crippen molar-refractivity contribution in [3.63, 3.8) is 0 Å². The van der Waals surface area contributed by atoms with Crippen molar-refractivity contribution in [3.8, 4) is 0 Å². The molecule has 0 fully saturated rings. The van der Waals surface area contributed by atoms with Gasteiger partial charge >= 0.3 is 99.0 Å². The second-order valence-corrected chi connectivity index (χ2v) is 3.36. The zero-order valence-electron chi connectivity index (χ0n) is 9.92. The number of nitrogens with zero attached hydrogens (tertiary/aromatic N) is 2. The second-order valence-electron chi connectivity index (χ2n) is 2.05. The van der Waals surface area contributed by atoms with E-state index >= 15 is 0 Å². The minimum Gasteiger partial charge on any atom is 0 e. The molecular formula is C7H7N2O2W9-. The van der Waals surface area contributed by atoms with Gasteiger partial charge in [0.15, 0.2) is 0 Å². The van der Waals surface area contributed by atoms with Crippen molar-refractivity contribution in [2.75, 3.05) is 0 Å². The zero-order valence-corrected chi connectivity index (χ0v) is 36.3. The predicted octanol–water partition coefficient (Wildman–Crippen LogP) is 1.50. The van der Waals surface area contributed by atoms with Gasteiger partial charge in [-0.2, -0.15) is 0 Å². The summed E-state index contributed by atoms with van der Waals surface area (Å²) in [6.45, 7) is 3.19. The van der Waals surface area contributed by atoms with Crippen LogP contribution in [0.2, 0.25) is 0 Å². The number of allylic oxidation sites excluding steroid dienone is 2. The molecule has 0 atom stereocenters. The fourth-order valence-corrected chi connectivity index (χ4v) is 1.24. The van der Waals surface area contributed by atoms with Crippen LogP contribution >= 0.6 is 0 Å². The van der Waals surface area contributed by atoms with E-state index < -0.39 is 5.91 Å². The number of aliphatic hydroxyl groups is 1. The van der Waals surface area contributed by atoms with Crippen molar-refractivity contribution in [3.05, 3.63) is 23.1 Å². The largest absolute Gasteiger partial charge is 0 e. The first kappa shape index (κ1) is 49.8. The maximum atomic E-state index is 11.1. The number of aliphatic hydroxyl groups excluding tert-OH is 1. The standard InChI is InChI=1S/C7H7N2O2.9W/c1-3-5(7(9)11)6(10)4(2)8;;;;;;;;;/h10H,1-2H3;;;;;;;;;/q-1;;;;;;;;;. The first-order valence-electron chi connectivity index (χ1n) is 3.24. The summed E-state index contributed by atoms with van der Waals surface area (Å²) in [4.78, 5) is 11.1. The van der Waals surface area contributed by atoms with E-state index in [0.717, 1.165) is 39.3 Å². The van der Waals surface area contributed by atoms with Crippen LogP contribution in [0, 0.1) is 6.08 Å². The topological polar surface area (TPSA) is 62.0 Å². The molecule has 0 spiro atoms. The van der Waals surface area contributed by atoms with E-state index in [2.05, 4.69) is 13.1 Å². The summed E-state index contributed by atoms with van der Waals surface area (Å²) in [7, 11) is 0. The van der Waals surface area contributed by atoms with Crippen LogP contribution in [0.25, 0.3) is 0 Å². The van der Waals surface area contributed by atoms with Gasteiger partial charge in [-0.25, -0.2) is 0 Å². The Morgan fingerprint density at radius 3 is 1.50 bits per heavy atom. The van der Waals surface area contributed by atoms with Crippen LogP contribution in [0.4, 0.5) is 0 Å². The smallest absolute Gasteiger partial charge is 0 e. The summed E-state index contributed by atoms with van der Waals surface area (Å²) in [5.41, 5.74) is 0.531. The molecule has 0 aliphatic carbocycles. The number of hydrogen-bond donors (Lipinski definition) is 1. The third-order valence-corrected chi connectivity index (χ3v) is 2.84. The van der Waals surface area contributed by atoms with Gasteiger partial charge in [-0.1, -0.05) is 0 Å². The minimum atomic E-state index is -0.451. The zero-order chi connectivity index (χ0) is 10.4. The summed E-state index contributed by atoms with van der Waals surface area (Å²) < 4.78 is 7.35. The third kappa shape index (κ3) is 20.8. The van der Waals surface area contributed by atoms with Gasteiger partial charge in [-0.15, -0.1) is 0 Å². The molecule has 1 N–H and O–H groups in total. The summed E-state index contributed by atoms with van der Waals surface area (Å²) in [6.07, 6.45) is 2.60. The maximum Gasteiger partial charge on any atom is 0 e. The minimum absolute atomic E-state index is 0. The summed E-state index contributed by atoms with van der Waals surface area (Å²) in [5.74, 6) is -0.583. The Morgan fingerprint density at radius 1 is 0.950 bits per heavy atom. The quantitative estimate of drug-likeness (QED) is 0.202. The van der Waals surface area contributed by atoms with Gasteiger partial charge in [0.25, 0.3) is 0 Å². The van der Waals surface area contributed by atoms with Gasteiger partial charge in [0.1, 0.15) is 0 Å². The Labute approximate surface area is 241 Å². The molecule has 0 aliphatic heterocycles. The van der Waals surface area contributed by atoms with Gasteiger partial charge < -0.3 is 0 Å². The number of carbonyl (C=O) groups excluding carboxylic acids is 1. The van der Waals surface area contributed by atoms with Crippen molar-refractivity contribution in [1.82, 2.24) is 0 Å². The molecule has 0 aromatic rings. The van der Waals surface area contributed by atoms with E-state index in [9.17, 15) is 9.90 Å². The van der Waals surface area contributed by atoms with Crippen molar-refractivity contribution < 1.29 is 197 Å². The third-order valence-electron chi connectivity index (χ3n) is 1.26. The molecular weight excluding hydrogens is 1800 g/mol. The maximum absolute atomic E-state index is 11.1. The molecule has 4 nitrogen and oxygen atoms in total. The SMILES string of the molecule is C[C-]=C(C(=O)[N]=[W])C(O)=C(C)[N]=[W].[W].[W].[W].[W].[W].[W].[W]. The normalized spacial score (nSPS) is 8.60. The fourth-order valence-electron chi connectivity index (χ4n) is 0.596.